The van der Waals surface area contributed by atoms with E-state index in [1.54, 1.807) is 24.3 Å². The number of hydrogen-bond donors (Lipinski definition) is 2. The Balaban J connectivity index is 1.34. The molecule has 4 aromatic carbocycles. The third kappa shape index (κ3) is 7.21. The zero-order valence-corrected chi connectivity index (χ0v) is 19.7. The fourth-order valence-corrected chi connectivity index (χ4v) is 3.65. The van der Waals surface area contributed by atoms with Gasteiger partial charge >= 0.3 is 5.97 Å². The highest BCUT2D eigenvalue weighted by molar-refractivity contribution is 5.97. The molecule has 2 N–H and O–H groups in total. The minimum Gasteiger partial charge on any atom is -0.489 e. The van der Waals surface area contributed by atoms with E-state index in [-0.39, 0.29) is 6.42 Å². The van der Waals surface area contributed by atoms with Crippen molar-refractivity contribution in [2.75, 3.05) is 0 Å². The Morgan fingerprint density at radius 1 is 0.667 bits per heavy atom. The molecule has 182 valence electrons. The van der Waals surface area contributed by atoms with Crippen molar-refractivity contribution in [1.29, 1.82) is 0 Å². The van der Waals surface area contributed by atoms with Crippen molar-refractivity contribution >= 4 is 11.9 Å². The van der Waals surface area contributed by atoms with Crippen LogP contribution in [-0.2, 0) is 24.4 Å². The van der Waals surface area contributed by atoms with Gasteiger partial charge in [0, 0.05) is 12.0 Å². The van der Waals surface area contributed by atoms with Crippen LogP contribution in [0.3, 0.4) is 0 Å². The molecule has 0 aromatic heterocycles. The Hall–Kier alpha value is -4.58. The fraction of sp³-hybridized carbons (Fsp3) is 0.133. The molecule has 4 aromatic rings. The number of benzene rings is 4. The quantitative estimate of drug-likeness (QED) is 0.305. The maximum atomic E-state index is 12.8. The van der Waals surface area contributed by atoms with Gasteiger partial charge in [0.15, 0.2) is 0 Å². The van der Waals surface area contributed by atoms with E-state index in [4.69, 9.17) is 9.47 Å². The Kier molecular flexibility index (Phi) is 8.33. The number of carboxylic acids is 1. The molecular formula is C30H27NO5. The summed E-state index contributed by atoms with van der Waals surface area (Å²) < 4.78 is 11.8. The molecule has 0 heterocycles. The van der Waals surface area contributed by atoms with Gasteiger partial charge in [0.1, 0.15) is 30.8 Å². The van der Waals surface area contributed by atoms with E-state index in [0.717, 1.165) is 22.4 Å². The second-order valence-electron chi connectivity index (χ2n) is 8.29. The lowest BCUT2D eigenvalue weighted by Gasteiger charge is -2.15. The Morgan fingerprint density at radius 3 is 1.89 bits per heavy atom. The Labute approximate surface area is 210 Å². The van der Waals surface area contributed by atoms with Crippen molar-refractivity contribution in [3.63, 3.8) is 0 Å². The Morgan fingerprint density at radius 2 is 1.22 bits per heavy atom. The third-order valence-electron chi connectivity index (χ3n) is 5.53. The van der Waals surface area contributed by atoms with Gasteiger partial charge in [-0.15, -0.1) is 0 Å². The number of hydrogen-bond acceptors (Lipinski definition) is 4. The van der Waals surface area contributed by atoms with Gasteiger partial charge in [0.05, 0.1) is 0 Å². The minimum atomic E-state index is -1.09. The maximum Gasteiger partial charge on any atom is 0.326 e. The number of ether oxygens (including phenoxy) is 2. The van der Waals surface area contributed by atoms with Crippen LogP contribution in [-0.4, -0.2) is 23.0 Å². The minimum absolute atomic E-state index is 0.195. The van der Waals surface area contributed by atoms with Crippen LogP contribution in [0.5, 0.6) is 11.5 Å². The summed E-state index contributed by atoms with van der Waals surface area (Å²) in [4.78, 5) is 24.5. The number of aliphatic carboxylic acids is 1. The molecule has 0 aliphatic carbocycles. The van der Waals surface area contributed by atoms with Crippen molar-refractivity contribution in [1.82, 2.24) is 5.32 Å². The smallest absolute Gasteiger partial charge is 0.326 e. The molecule has 1 amide bonds. The van der Waals surface area contributed by atoms with Crippen LogP contribution < -0.4 is 14.8 Å². The number of nitrogens with one attached hydrogen (secondary N) is 1. The van der Waals surface area contributed by atoms with Gasteiger partial charge in [0.2, 0.25) is 0 Å². The molecule has 0 aliphatic rings. The van der Waals surface area contributed by atoms with Crippen molar-refractivity contribution in [2.45, 2.75) is 25.7 Å². The second-order valence-corrected chi connectivity index (χ2v) is 8.29. The molecule has 0 unspecified atom stereocenters. The predicted molar refractivity (Wildman–Crippen MR) is 137 cm³/mol. The standard InChI is InChI=1S/C30H27NO5/c32-29(31-28(30(33)34)18-22-9-3-1-4-10-22)25-14-8-16-27(19-25)36-21-24-13-7-15-26(17-24)35-20-23-11-5-2-6-12-23/h1-17,19,28H,18,20-21H2,(H,31,32)(H,33,34)/t28-/m0/s1. The zero-order valence-electron chi connectivity index (χ0n) is 19.7. The molecule has 0 saturated heterocycles. The summed E-state index contributed by atoms with van der Waals surface area (Å²) in [6.45, 7) is 0.767. The van der Waals surface area contributed by atoms with Gasteiger partial charge in [-0.1, -0.05) is 78.9 Å². The summed E-state index contributed by atoms with van der Waals surface area (Å²) in [5.74, 6) is -0.312. The molecule has 0 aliphatic heterocycles. The van der Waals surface area contributed by atoms with Crippen LogP contribution in [0.1, 0.15) is 27.0 Å². The first kappa shape index (κ1) is 24.5. The number of carboxylic acid groups (broad SMARTS) is 1. The molecule has 0 bridgehead atoms. The second kappa shape index (κ2) is 12.2. The number of rotatable bonds is 11. The van der Waals surface area contributed by atoms with Crippen LogP contribution in [0.4, 0.5) is 0 Å². The molecule has 6 nitrogen and oxygen atoms in total. The van der Waals surface area contributed by atoms with Crippen LogP contribution in [0, 0.1) is 0 Å². The van der Waals surface area contributed by atoms with E-state index >= 15 is 0 Å². The van der Waals surface area contributed by atoms with Gasteiger partial charge in [0.25, 0.3) is 5.91 Å². The van der Waals surface area contributed by atoms with E-state index < -0.39 is 17.9 Å². The largest absolute Gasteiger partial charge is 0.489 e. The topological polar surface area (TPSA) is 84.9 Å². The van der Waals surface area contributed by atoms with E-state index in [9.17, 15) is 14.7 Å². The average Bonchev–Trinajstić information content (AvgIpc) is 2.92. The Bertz CT molecular complexity index is 1290. The first-order valence-electron chi connectivity index (χ1n) is 11.6. The fourth-order valence-electron chi connectivity index (χ4n) is 3.65. The molecule has 1 atom stereocenters. The van der Waals surface area contributed by atoms with Crippen LogP contribution in [0.2, 0.25) is 0 Å². The van der Waals surface area contributed by atoms with Crippen molar-refractivity contribution in [2.24, 2.45) is 0 Å². The summed E-state index contributed by atoms with van der Waals surface area (Å²) in [7, 11) is 0. The lowest BCUT2D eigenvalue weighted by atomic mass is 10.1. The number of amides is 1. The summed E-state index contributed by atoms with van der Waals surface area (Å²) in [6.07, 6.45) is 0.195. The lowest BCUT2D eigenvalue weighted by molar-refractivity contribution is -0.139. The van der Waals surface area contributed by atoms with E-state index in [2.05, 4.69) is 5.32 Å². The highest BCUT2D eigenvalue weighted by atomic mass is 16.5. The SMILES string of the molecule is O=C(N[C@@H](Cc1ccccc1)C(=O)O)c1cccc(OCc2cccc(OCc3ccccc3)c2)c1. The molecule has 0 radical (unpaired) electrons. The monoisotopic (exact) mass is 481 g/mol. The summed E-state index contributed by atoms with van der Waals surface area (Å²) in [5, 5.41) is 12.2. The van der Waals surface area contributed by atoms with Crippen LogP contribution in [0.15, 0.2) is 109 Å². The van der Waals surface area contributed by atoms with Crippen LogP contribution >= 0.6 is 0 Å². The zero-order chi connectivity index (χ0) is 25.2. The molecule has 6 heteroatoms. The first-order chi connectivity index (χ1) is 17.6. The van der Waals surface area contributed by atoms with E-state index in [1.807, 2.05) is 84.9 Å². The first-order valence-corrected chi connectivity index (χ1v) is 11.6. The maximum absolute atomic E-state index is 12.8. The molecular weight excluding hydrogens is 454 g/mol. The number of carbonyl (C=O) groups is 2. The highest BCUT2D eigenvalue weighted by Crippen LogP contribution is 2.19. The lowest BCUT2D eigenvalue weighted by Crippen LogP contribution is -2.42. The normalized spacial score (nSPS) is 11.3. The van der Waals surface area contributed by atoms with Gasteiger partial charge in [-0.05, 0) is 47.0 Å². The van der Waals surface area contributed by atoms with Crippen molar-refractivity contribution in [3.8, 4) is 11.5 Å². The van der Waals surface area contributed by atoms with Crippen molar-refractivity contribution < 1.29 is 24.2 Å². The molecule has 36 heavy (non-hydrogen) atoms. The molecule has 0 saturated carbocycles. The van der Waals surface area contributed by atoms with Gasteiger partial charge in [-0.25, -0.2) is 4.79 Å². The van der Waals surface area contributed by atoms with Gasteiger partial charge < -0.3 is 19.9 Å². The molecule has 4 rings (SSSR count). The predicted octanol–water partition coefficient (Wildman–Crippen LogP) is 5.27. The van der Waals surface area contributed by atoms with Gasteiger partial charge in [-0.2, -0.15) is 0 Å². The summed E-state index contributed by atoms with van der Waals surface area (Å²) in [6, 6.07) is 32.4. The third-order valence-corrected chi connectivity index (χ3v) is 5.53. The molecule has 0 fully saturated rings. The average molecular weight is 482 g/mol. The summed E-state index contributed by atoms with van der Waals surface area (Å²) >= 11 is 0. The van der Waals surface area contributed by atoms with Crippen LogP contribution in [0.25, 0.3) is 0 Å². The number of carbonyl (C=O) groups excluding carboxylic acids is 1. The van der Waals surface area contributed by atoms with Crippen molar-refractivity contribution in [3.05, 3.63) is 131 Å². The highest BCUT2D eigenvalue weighted by Gasteiger charge is 2.21. The van der Waals surface area contributed by atoms with E-state index in [1.165, 1.54) is 0 Å². The van der Waals surface area contributed by atoms with E-state index in [0.29, 0.717) is 24.5 Å². The van der Waals surface area contributed by atoms with Gasteiger partial charge in [-0.3, -0.25) is 4.79 Å². The molecule has 0 spiro atoms. The summed E-state index contributed by atoms with van der Waals surface area (Å²) in [5.41, 5.74) is 3.16.